The van der Waals surface area contributed by atoms with Crippen molar-refractivity contribution < 1.29 is 27.9 Å². The lowest BCUT2D eigenvalue weighted by molar-refractivity contribution is -0.139. The van der Waals surface area contributed by atoms with Crippen molar-refractivity contribution in [2.75, 3.05) is 0 Å². The zero-order valence-corrected chi connectivity index (χ0v) is 11.4. The molecule has 0 aromatic heterocycles. The Hall–Kier alpha value is -2.56. The van der Waals surface area contributed by atoms with Crippen LogP contribution in [0.1, 0.15) is 35.2 Å². The Morgan fingerprint density at radius 2 is 1.95 bits per heavy atom. The highest BCUT2D eigenvalue weighted by molar-refractivity contribution is 5.98. The molecule has 1 amide bonds. The fourth-order valence-electron chi connectivity index (χ4n) is 1.81. The number of benzene rings is 1. The number of amides is 1. The molecular formula is C14H13F3N2O3. The summed E-state index contributed by atoms with van der Waals surface area (Å²) in [7, 11) is 0. The van der Waals surface area contributed by atoms with Gasteiger partial charge in [-0.15, -0.1) is 0 Å². The molecule has 0 unspecified atom stereocenters. The zero-order valence-electron chi connectivity index (χ0n) is 11.4. The molecule has 1 aromatic rings. The van der Waals surface area contributed by atoms with Crippen molar-refractivity contribution in [1.29, 1.82) is 5.26 Å². The highest BCUT2D eigenvalue weighted by Gasteiger charge is 2.35. The summed E-state index contributed by atoms with van der Waals surface area (Å²) in [6.45, 7) is 0. The highest BCUT2D eigenvalue weighted by atomic mass is 19.4. The molecule has 1 atom stereocenters. The maximum Gasteiger partial charge on any atom is 0.417 e. The first-order valence-electron chi connectivity index (χ1n) is 6.34. The van der Waals surface area contributed by atoms with Gasteiger partial charge in [0.2, 0.25) is 0 Å². The lowest BCUT2D eigenvalue weighted by atomic mass is 10.0. The molecule has 8 heteroatoms. The Morgan fingerprint density at radius 3 is 2.50 bits per heavy atom. The van der Waals surface area contributed by atoms with Crippen molar-refractivity contribution in [1.82, 2.24) is 5.32 Å². The fourth-order valence-corrected chi connectivity index (χ4v) is 1.81. The van der Waals surface area contributed by atoms with Gasteiger partial charge in [-0.25, -0.2) is 4.79 Å². The molecule has 0 aliphatic heterocycles. The number of hydrogen-bond donors (Lipinski definition) is 2. The lowest BCUT2D eigenvalue weighted by Gasteiger charge is -2.16. The number of aliphatic carboxylic acids is 1. The number of halogens is 3. The van der Waals surface area contributed by atoms with E-state index in [-0.39, 0.29) is 19.3 Å². The molecule has 22 heavy (non-hydrogen) atoms. The minimum atomic E-state index is -4.71. The summed E-state index contributed by atoms with van der Waals surface area (Å²) in [4.78, 5) is 22.9. The van der Waals surface area contributed by atoms with Crippen molar-refractivity contribution in [3.05, 3.63) is 35.4 Å². The van der Waals surface area contributed by atoms with Gasteiger partial charge in [0.1, 0.15) is 6.04 Å². The molecule has 0 bridgehead atoms. The summed E-state index contributed by atoms with van der Waals surface area (Å²) >= 11 is 0. The van der Waals surface area contributed by atoms with Crippen molar-refractivity contribution in [3.63, 3.8) is 0 Å². The molecular weight excluding hydrogens is 301 g/mol. The van der Waals surface area contributed by atoms with Gasteiger partial charge in [0.05, 0.1) is 17.2 Å². The smallest absolute Gasteiger partial charge is 0.417 e. The van der Waals surface area contributed by atoms with Gasteiger partial charge in [-0.1, -0.05) is 12.1 Å². The fraction of sp³-hybridized carbons (Fsp3) is 0.357. The summed E-state index contributed by atoms with van der Waals surface area (Å²) in [6, 6.07) is 4.60. The Bertz CT molecular complexity index is 594. The molecule has 0 saturated heterocycles. The van der Waals surface area contributed by atoms with Crippen LogP contribution in [0.3, 0.4) is 0 Å². The molecule has 0 fully saturated rings. The van der Waals surface area contributed by atoms with E-state index in [4.69, 9.17) is 10.4 Å². The number of rotatable bonds is 6. The first-order chi connectivity index (χ1) is 10.3. The van der Waals surface area contributed by atoms with E-state index in [0.29, 0.717) is 0 Å². The van der Waals surface area contributed by atoms with Crippen LogP contribution in [0.5, 0.6) is 0 Å². The zero-order chi connectivity index (χ0) is 16.8. The molecule has 0 saturated carbocycles. The van der Waals surface area contributed by atoms with E-state index in [0.717, 1.165) is 18.2 Å². The van der Waals surface area contributed by atoms with E-state index >= 15 is 0 Å². The molecule has 0 heterocycles. The van der Waals surface area contributed by atoms with Crippen molar-refractivity contribution >= 4 is 11.9 Å². The summed E-state index contributed by atoms with van der Waals surface area (Å²) in [5.74, 6) is -2.48. The predicted octanol–water partition coefficient (Wildman–Crippen LogP) is 2.58. The Morgan fingerprint density at radius 1 is 1.32 bits per heavy atom. The minimum absolute atomic E-state index is 0.0389. The summed E-state index contributed by atoms with van der Waals surface area (Å²) < 4.78 is 38.5. The third-order valence-corrected chi connectivity index (χ3v) is 2.86. The lowest BCUT2D eigenvalue weighted by Crippen LogP contribution is -2.41. The average molecular weight is 314 g/mol. The molecule has 1 aromatic carbocycles. The number of nitrogens with zero attached hydrogens (tertiary/aromatic N) is 1. The number of carboxylic acid groups (broad SMARTS) is 1. The minimum Gasteiger partial charge on any atom is -0.480 e. The Kier molecular flexibility index (Phi) is 5.92. The largest absolute Gasteiger partial charge is 0.480 e. The van der Waals surface area contributed by atoms with Gasteiger partial charge in [-0.3, -0.25) is 4.79 Å². The number of unbranched alkanes of at least 4 members (excludes halogenated alkanes) is 1. The number of alkyl halides is 3. The van der Waals surface area contributed by atoms with Crippen molar-refractivity contribution in [3.8, 4) is 6.07 Å². The molecule has 0 aliphatic carbocycles. The third kappa shape index (κ3) is 4.77. The quantitative estimate of drug-likeness (QED) is 0.790. The van der Waals surface area contributed by atoms with E-state index < -0.39 is 35.2 Å². The van der Waals surface area contributed by atoms with E-state index in [9.17, 15) is 22.8 Å². The number of hydrogen-bond acceptors (Lipinski definition) is 3. The molecule has 0 aliphatic rings. The molecule has 2 N–H and O–H groups in total. The van der Waals surface area contributed by atoms with E-state index in [1.54, 1.807) is 0 Å². The van der Waals surface area contributed by atoms with Crippen LogP contribution in [-0.2, 0) is 11.0 Å². The van der Waals surface area contributed by atoms with Crippen LogP contribution in [0.2, 0.25) is 0 Å². The molecule has 0 spiro atoms. The van der Waals surface area contributed by atoms with Crippen LogP contribution in [0, 0.1) is 11.3 Å². The number of nitriles is 1. The maximum atomic E-state index is 12.8. The second-order valence-electron chi connectivity index (χ2n) is 4.46. The predicted molar refractivity (Wildman–Crippen MR) is 69.8 cm³/mol. The molecule has 118 valence electrons. The Labute approximate surface area is 124 Å². The summed E-state index contributed by atoms with van der Waals surface area (Å²) in [5.41, 5.74) is -1.77. The SMILES string of the molecule is N#CCCC[C@@H](NC(=O)c1ccccc1C(F)(F)F)C(=O)O. The summed E-state index contributed by atoms with van der Waals surface area (Å²) in [6.07, 6.45) is -4.44. The van der Waals surface area contributed by atoms with Crippen molar-refractivity contribution in [2.24, 2.45) is 0 Å². The van der Waals surface area contributed by atoms with Gasteiger partial charge in [0.15, 0.2) is 0 Å². The first kappa shape index (κ1) is 17.5. The normalized spacial score (nSPS) is 12.3. The average Bonchev–Trinajstić information content (AvgIpc) is 2.45. The number of carboxylic acids is 1. The maximum absolute atomic E-state index is 12.8. The molecule has 0 radical (unpaired) electrons. The molecule has 1 rings (SSSR count). The van der Waals surface area contributed by atoms with Crippen LogP contribution in [0.25, 0.3) is 0 Å². The number of carbonyl (C=O) groups excluding carboxylic acids is 1. The number of nitrogens with one attached hydrogen (secondary N) is 1. The Balaban J connectivity index is 2.92. The highest BCUT2D eigenvalue weighted by Crippen LogP contribution is 2.31. The standard InChI is InChI=1S/C14H13F3N2O3/c15-14(16,17)10-6-2-1-5-9(10)12(20)19-11(13(21)22)7-3-4-8-18/h1-2,5-6,11H,3-4,7H2,(H,19,20)(H,21,22)/t11-/m1/s1. The van der Waals surface area contributed by atoms with E-state index in [1.807, 2.05) is 6.07 Å². The van der Waals surface area contributed by atoms with Gasteiger partial charge < -0.3 is 10.4 Å². The van der Waals surface area contributed by atoms with Crippen LogP contribution < -0.4 is 5.32 Å². The van der Waals surface area contributed by atoms with E-state index in [1.165, 1.54) is 6.07 Å². The van der Waals surface area contributed by atoms with Crippen LogP contribution in [-0.4, -0.2) is 23.0 Å². The van der Waals surface area contributed by atoms with Crippen LogP contribution in [0.4, 0.5) is 13.2 Å². The molecule has 5 nitrogen and oxygen atoms in total. The topological polar surface area (TPSA) is 90.2 Å². The van der Waals surface area contributed by atoms with Gasteiger partial charge in [-0.2, -0.15) is 18.4 Å². The van der Waals surface area contributed by atoms with Crippen LogP contribution in [0.15, 0.2) is 24.3 Å². The second-order valence-corrected chi connectivity index (χ2v) is 4.46. The first-order valence-corrected chi connectivity index (χ1v) is 6.34. The van der Waals surface area contributed by atoms with Crippen LogP contribution >= 0.6 is 0 Å². The second kappa shape index (κ2) is 7.45. The van der Waals surface area contributed by atoms with Gasteiger partial charge >= 0.3 is 12.1 Å². The monoisotopic (exact) mass is 314 g/mol. The van der Waals surface area contributed by atoms with Crippen molar-refractivity contribution in [2.45, 2.75) is 31.5 Å². The summed E-state index contributed by atoms with van der Waals surface area (Å²) in [5, 5.41) is 19.4. The van der Waals surface area contributed by atoms with Gasteiger partial charge in [0, 0.05) is 6.42 Å². The third-order valence-electron chi connectivity index (χ3n) is 2.86. The number of carbonyl (C=O) groups is 2. The van der Waals surface area contributed by atoms with Gasteiger partial charge in [-0.05, 0) is 25.0 Å². The van der Waals surface area contributed by atoms with E-state index in [2.05, 4.69) is 5.32 Å². The van der Waals surface area contributed by atoms with Gasteiger partial charge in [0.25, 0.3) is 5.91 Å².